The number of carbonyl (C=O) groups is 1. The van der Waals surface area contributed by atoms with E-state index in [-0.39, 0.29) is 24.3 Å². The third-order valence-electron chi connectivity index (χ3n) is 6.35. The molecule has 0 aromatic heterocycles. The fourth-order valence-electron chi connectivity index (χ4n) is 5.98. The lowest BCUT2D eigenvalue weighted by atomic mass is 9.47. The van der Waals surface area contributed by atoms with Gasteiger partial charge in [0.25, 0.3) is 0 Å². The summed E-state index contributed by atoms with van der Waals surface area (Å²) in [4.78, 5) is 12.3. The Labute approximate surface area is 149 Å². The largest absolute Gasteiger partial charge is 0.459 e. The van der Waals surface area contributed by atoms with Crippen molar-refractivity contribution in [2.24, 2.45) is 22.7 Å². The van der Waals surface area contributed by atoms with E-state index in [9.17, 15) is 4.79 Å². The molecule has 3 aliphatic rings. The number of fused-ring (bicyclic) bond motifs is 2. The average Bonchev–Trinajstić information content (AvgIpc) is 3.05. The fraction of sp³-hybridized carbons (Fsp3) is 0.571. The predicted octanol–water partition coefficient (Wildman–Crippen LogP) is 4.43. The van der Waals surface area contributed by atoms with Crippen LogP contribution in [0.5, 0.6) is 11.5 Å². The van der Waals surface area contributed by atoms with E-state index < -0.39 is 0 Å². The van der Waals surface area contributed by atoms with Crippen molar-refractivity contribution in [2.45, 2.75) is 46.6 Å². The maximum absolute atomic E-state index is 12.3. The first-order valence-corrected chi connectivity index (χ1v) is 9.08. The van der Waals surface area contributed by atoms with Crippen LogP contribution in [0, 0.1) is 22.7 Å². The van der Waals surface area contributed by atoms with E-state index in [1.807, 2.05) is 18.2 Å². The lowest BCUT2D eigenvalue weighted by Crippen LogP contribution is -2.55. The Morgan fingerprint density at radius 2 is 2.00 bits per heavy atom. The maximum Gasteiger partial charge on any atom is 0.331 e. The third kappa shape index (κ3) is 2.62. The summed E-state index contributed by atoms with van der Waals surface area (Å²) in [6.07, 6.45) is 5.40. The second kappa shape index (κ2) is 5.52. The van der Waals surface area contributed by atoms with Crippen LogP contribution < -0.4 is 9.47 Å². The molecule has 4 heteroatoms. The van der Waals surface area contributed by atoms with E-state index in [4.69, 9.17) is 14.2 Å². The molecule has 2 fully saturated rings. The highest BCUT2D eigenvalue weighted by Gasteiger charge is 2.66. The Morgan fingerprint density at radius 1 is 1.24 bits per heavy atom. The lowest BCUT2D eigenvalue weighted by Gasteiger charge is -2.58. The Hall–Kier alpha value is -1.97. The van der Waals surface area contributed by atoms with Crippen LogP contribution in [0.3, 0.4) is 0 Å². The molecule has 134 valence electrons. The number of hydrogen-bond donors (Lipinski definition) is 0. The van der Waals surface area contributed by atoms with Crippen LogP contribution in [0.4, 0.5) is 0 Å². The Morgan fingerprint density at radius 3 is 2.72 bits per heavy atom. The molecule has 2 aliphatic carbocycles. The molecule has 1 aromatic carbocycles. The van der Waals surface area contributed by atoms with Gasteiger partial charge >= 0.3 is 5.97 Å². The highest BCUT2D eigenvalue weighted by molar-refractivity contribution is 5.87. The second-order valence-corrected chi connectivity index (χ2v) is 8.73. The smallest absolute Gasteiger partial charge is 0.331 e. The molecule has 0 radical (unpaired) electrons. The van der Waals surface area contributed by atoms with E-state index in [2.05, 4.69) is 27.7 Å². The summed E-state index contributed by atoms with van der Waals surface area (Å²) >= 11 is 0. The van der Waals surface area contributed by atoms with Crippen molar-refractivity contribution in [3.05, 3.63) is 29.8 Å². The molecule has 4 atom stereocenters. The summed E-state index contributed by atoms with van der Waals surface area (Å²) in [7, 11) is 0. The van der Waals surface area contributed by atoms with E-state index in [0.29, 0.717) is 23.0 Å². The van der Waals surface area contributed by atoms with Gasteiger partial charge in [0.2, 0.25) is 6.79 Å². The first-order valence-electron chi connectivity index (χ1n) is 9.08. The van der Waals surface area contributed by atoms with Gasteiger partial charge in [0, 0.05) is 11.5 Å². The van der Waals surface area contributed by atoms with Gasteiger partial charge in [-0.3, -0.25) is 0 Å². The molecule has 0 saturated heterocycles. The van der Waals surface area contributed by atoms with Crippen LogP contribution in [0.1, 0.15) is 46.1 Å². The van der Waals surface area contributed by atoms with Crippen LogP contribution in [-0.2, 0) is 9.53 Å². The van der Waals surface area contributed by atoms with E-state index >= 15 is 0 Å². The molecule has 0 bridgehead atoms. The summed E-state index contributed by atoms with van der Waals surface area (Å²) in [5.41, 5.74) is 1.39. The normalized spacial score (nSPS) is 34.6. The van der Waals surface area contributed by atoms with Crippen LogP contribution in [0.15, 0.2) is 24.3 Å². The van der Waals surface area contributed by atoms with Gasteiger partial charge in [0.05, 0.1) is 0 Å². The highest BCUT2D eigenvalue weighted by Crippen LogP contribution is 2.69. The van der Waals surface area contributed by atoms with Crippen LogP contribution in [-0.4, -0.2) is 18.9 Å². The third-order valence-corrected chi connectivity index (χ3v) is 6.35. The van der Waals surface area contributed by atoms with Crippen molar-refractivity contribution < 1.29 is 19.0 Å². The topological polar surface area (TPSA) is 44.8 Å². The monoisotopic (exact) mass is 342 g/mol. The molecule has 1 aromatic rings. The SMILES string of the molecule is CC1CC(OC(=O)C=Cc2ccc3c(c2)OCO3)C2(C)CC(C)(C)C12. The van der Waals surface area contributed by atoms with Crippen LogP contribution in [0.25, 0.3) is 6.08 Å². The minimum absolute atomic E-state index is 0.0226. The van der Waals surface area contributed by atoms with Crippen LogP contribution >= 0.6 is 0 Å². The molecule has 0 N–H and O–H groups in total. The number of esters is 1. The molecule has 1 heterocycles. The van der Waals surface area contributed by atoms with Gasteiger partial charge in [-0.2, -0.15) is 0 Å². The maximum atomic E-state index is 12.3. The molecule has 0 amide bonds. The number of carbonyl (C=O) groups excluding carboxylic acids is 1. The van der Waals surface area contributed by atoms with Gasteiger partial charge in [-0.1, -0.05) is 33.8 Å². The minimum atomic E-state index is -0.263. The first kappa shape index (κ1) is 16.5. The minimum Gasteiger partial charge on any atom is -0.459 e. The molecule has 1 aliphatic heterocycles. The molecule has 4 rings (SSSR count). The standard InChI is InChI=1S/C21H26O4/c1-13-9-17(21(4)11-20(2,3)19(13)21)25-18(22)8-6-14-5-7-15-16(10-14)24-12-23-15/h5-8,10,13,17,19H,9,11-12H2,1-4H3. The van der Waals surface area contributed by atoms with Crippen molar-refractivity contribution in [2.75, 3.05) is 6.79 Å². The van der Waals surface area contributed by atoms with Crippen molar-refractivity contribution in [1.29, 1.82) is 0 Å². The number of hydrogen-bond acceptors (Lipinski definition) is 4. The Bertz CT molecular complexity index is 735. The van der Waals surface area contributed by atoms with E-state index in [0.717, 1.165) is 24.2 Å². The van der Waals surface area contributed by atoms with Crippen molar-refractivity contribution >= 4 is 12.0 Å². The molecule has 0 spiro atoms. The highest BCUT2D eigenvalue weighted by atomic mass is 16.7. The quantitative estimate of drug-likeness (QED) is 0.602. The van der Waals surface area contributed by atoms with Crippen molar-refractivity contribution in [3.8, 4) is 11.5 Å². The molecular weight excluding hydrogens is 316 g/mol. The second-order valence-electron chi connectivity index (χ2n) is 8.73. The summed E-state index contributed by atoms with van der Waals surface area (Å²) in [5.74, 6) is 2.43. The Kier molecular flexibility index (Phi) is 3.64. The number of ether oxygens (including phenoxy) is 3. The molecule has 4 nitrogen and oxygen atoms in total. The summed E-state index contributed by atoms with van der Waals surface area (Å²) in [6.45, 7) is 9.49. The number of benzene rings is 1. The van der Waals surface area contributed by atoms with Crippen molar-refractivity contribution in [1.82, 2.24) is 0 Å². The van der Waals surface area contributed by atoms with Gasteiger partial charge < -0.3 is 14.2 Å². The first-order chi connectivity index (χ1) is 11.8. The van der Waals surface area contributed by atoms with E-state index in [1.165, 1.54) is 6.08 Å². The molecule has 25 heavy (non-hydrogen) atoms. The van der Waals surface area contributed by atoms with Gasteiger partial charge in [0.15, 0.2) is 11.5 Å². The number of rotatable bonds is 3. The fourth-order valence-corrected chi connectivity index (χ4v) is 5.98. The molecule has 2 saturated carbocycles. The summed E-state index contributed by atoms with van der Waals surface area (Å²) in [5, 5.41) is 0. The predicted molar refractivity (Wildman–Crippen MR) is 95.3 cm³/mol. The lowest BCUT2D eigenvalue weighted by molar-refractivity contribution is -0.168. The average molecular weight is 342 g/mol. The zero-order valence-corrected chi connectivity index (χ0v) is 15.4. The van der Waals surface area contributed by atoms with E-state index in [1.54, 1.807) is 6.08 Å². The van der Waals surface area contributed by atoms with Crippen LogP contribution in [0.2, 0.25) is 0 Å². The zero-order chi connectivity index (χ0) is 17.8. The summed E-state index contributed by atoms with van der Waals surface area (Å²) < 4.78 is 16.5. The zero-order valence-electron chi connectivity index (χ0n) is 15.4. The van der Waals surface area contributed by atoms with Crippen molar-refractivity contribution in [3.63, 3.8) is 0 Å². The molecular formula is C21H26O4. The van der Waals surface area contributed by atoms with Gasteiger partial charge in [0.1, 0.15) is 6.10 Å². The Balaban J connectivity index is 1.41. The van der Waals surface area contributed by atoms with Gasteiger partial charge in [-0.05, 0) is 53.9 Å². The van der Waals surface area contributed by atoms with Gasteiger partial charge in [-0.15, -0.1) is 0 Å². The van der Waals surface area contributed by atoms with Gasteiger partial charge in [-0.25, -0.2) is 4.79 Å². The molecule has 4 unspecified atom stereocenters. The summed E-state index contributed by atoms with van der Waals surface area (Å²) in [6, 6.07) is 5.63.